The summed E-state index contributed by atoms with van der Waals surface area (Å²) in [5, 5.41) is 8.89. The smallest absolute Gasteiger partial charge is 0.276 e. The summed E-state index contributed by atoms with van der Waals surface area (Å²) in [5.41, 5.74) is 6.41. The van der Waals surface area contributed by atoms with Crippen LogP contribution in [-0.2, 0) is 12.3 Å². The summed E-state index contributed by atoms with van der Waals surface area (Å²) < 4.78 is 5.27. The predicted molar refractivity (Wildman–Crippen MR) is 63.2 cm³/mol. The normalized spacial score (nSPS) is 10.6. The van der Waals surface area contributed by atoms with E-state index in [2.05, 4.69) is 10.2 Å². The van der Waals surface area contributed by atoms with Crippen molar-refractivity contribution in [3.8, 4) is 0 Å². The van der Waals surface area contributed by atoms with Crippen molar-refractivity contribution >= 4 is 23.4 Å². The molecule has 0 bridgehead atoms. The van der Waals surface area contributed by atoms with Crippen LogP contribution in [0.25, 0.3) is 0 Å². The van der Waals surface area contributed by atoms with Crippen LogP contribution in [0.2, 0.25) is 5.02 Å². The first kappa shape index (κ1) is 11.4. The number of benzene rings is 1. The molecule has 0 aliphatic rings. The van der Waals surface area contributed by atoms with Crippen molar-refractivity contribution in [3.63, 3.8) is 0 Å². The molecule has 0 saturated carbocycles. The molecule has 6 heteroatoms. The molecule has 0 amide bonds. The molecule has 2 rings (SSSR count). The highest BCUT2D eigenvalue weighted by molar-refractivity contribution is 7.98. The van der Waals surface area contributed by atoms with E-state index in [-0.39, 0.29) is 6.54 Å². The van der Waals surface area contributed by atoms with Gasteiger partial charge in [-0.05, 0) is 11.6 Å². The van der Waals surface area contributed by atoms with Gasteiger partial charge in [0.25, 0.3) is 5.22 Å². The van der Waals surface area contributed by atoms with Gasteiger partial charge in [0, 0.05) is 10.8 Å². The number of nitrogens with zero attached hydrogens (tertiary/aromatic N) is 2. The van der Waals surface area contributed by atoms with Crippen LogP contribution in [0, 0.1) is 0 Å². The lowest BCUT2D eigenvalue weighted by Gasteiger charge is -2.00. The topological polar surface area (TPSA) is 64.9 Å². The number of hydrogen-bond acceptors (Lipinski definition) is 5. The highest BCUT2D eigenvalue weighted by Crippen LogP contribution is 2.25. The van der Waals surface area contributed by atoms with Crippen LogP contribution < -0.4 is 5.73 Å². The zero-order chi connectivity index (χ0) is 11.4. The quantitative estimate of drug-likeness (QED) is 0.851. The molecular weight excluding hydrogens is 246 g/mol. The molecule has 0 aliphatic carbocycles. The Morgan fingerprint density at radius 2 is 2.12 bits per heavy atom. The van der Waals surface area contributed by atoms with E-state index in [4.69, 9.17) is 21.8 Å². The minimum atomic E-state index is 0.264. The van der Waals surface area contributed by atoms with Gasteiger partial charge in [0.2, 0.25) is 5.89 Å². The molecule has 0 spiro atoms. The highest BCUT2D eigenvalue weighted by atomic mass is 35.5. The lowest BCUT2D eigenvalue weighted by molar-refractivity contribution is 0.415. The SMILES string of the molecule is NCc1nnc(SCc2ccccc2Cl)o1. The van der Waals surface area contributed by atoms with E-state index in [0.717, 1.165) is 10.6 Å². The zero-order valence-corrected chi connectivity index (χ0v) is 9.96. The van der Waals surface area contributed by atoms with E-state index < -0.39 is 0 Å². The molecule has 0 radical (unpaired) electrons. The molecular formula is C10H10ClN3OS. The summed E-state index contributed by atoms with van der Waals surface area (Å²) >= 11 is 7.47. The van der Waals surface area contributed by atoms with Crippen LogP contribution in [0.5, 0.6) is 0 Å². The summed E-state index contributed by atoms with van der Waals surface area (Å²) in [6.07, 6.45) is 0. The maximum absolute atomic E-state index is 6.02. The minimum absolute atomic E-state index is 0.264. The molecule has 4 nitrogen and oxygen atoms in total. The lowest BCUT2D eigenvalue weighted by Crippen LogP contribution is -1.95. The number of nitrogens with two attached hydrogens (primary N) is 1. The molecule has 1 aromatic heterocycles. The summed E-state index contributed by atoms with van der Waals surface area (Å²) in [4.78, 5) is 0. The van der Waals surface area contributed by atoms with Crippen molar-refractivity contribution in [2.75, 3.05) is 0 Å². The first-order valence-corrected chi connectivity index (χ1v) is 6.04. The van der Waals surface area contributed by atoms with Gasteiger partial charge in [0.1, 0.15) is 0 Å². The average Bonchev–Trinajstić information content (AvgIpc) is 2.76. The summed E-state index contributed by atoms with van der Waals surface area (Å²) in [5.74, 6) is 1.15. The summed E-state index contributed by atoms with van der Waals surface area (Å²) in [6, 6.07) is 7.67. The van der Waals surface area contributed by atoms with Crippen molar-refractivity contribution in [2.45, 2.75) is 17.5 Å². The van der Waals surface area contributed by atoms with Crippen molar-refractivity contribution in [1.29, 1.82) is 0 Å². The van der Waals surface area contributed by atoms with Crippen molar-refractivity contribution in [3.05, 3.63) is 40.7 Å². The van der Waals surface area contributed by atoms with Gasteiger partial charge < -0.3 is 10.2 Å². The number of aromatic nitrogens is 2. The Balaban J connectivity index is 1.99. The van der Waals surface area contributed by atoms with E-state index in [9.17, 15) is 0 Å². The summed E-state index contributed by atoms with van der Waals surface area (Å²) in [7, 11) is 0. The molecule has 84 valence electrons. The van der Waals surface area contributed by atoms with E-state index >= 15 is 0 Å². The first-order chi connectivity index (χ1) is 7.79. The molecule has 0 saturated heterocycles. The molecule has 0 aliphatic heterocycles. The molecule has 0 fully saturated rings. The second-order valence-corrected chi connectivity index (χ2v) is 4.38. The lowest BCUT2D eigenvalue weighted by atomic mass is 10.2. The second-order valence-electron chi connectivity index (χ2n) is 3.05. The fourth-order valence-corrected chi connectivity index (χ4v) is 2.20. The van der Waals surface area contributed by atoms with Gasteiger partial charge in [0.15, 0.2) is 0 Å². The number of rotatable bonds is 4. The van der Waals surface area contributed by atoms with Crippen LogP contribution in [0.1, 0.15) is 11.5 Å². The van der Waals surface area contributed by atoms with E-state index in [1.807, 2.05) is 24.3 Å². The van der Waals surface area contributed by atoms with Gasteiger partial charge in [0.05, 0.1) is 6.54 Å². The Labute approximate surface area is 102 Å². The molecule has 0 unspecified atom stereocenters. The Hall–Kier alpha value is -1.04. The molecule has 2 N–H and O–H groups in total. The Morgan fingerprint density at radius 3 is 2.81 bits per heavy atom. The molecule has 2 aromatic rings. The molecule has 1 aromatic carbocycles. The van der Waals surface area contributed by atoms with E-state index in [1.54, 1.807) is 0 Å². The Bertz CT molecular complexity index is 475. The van der Waals surface area contributed by atoms with Gasteiger partial charge in [-0.3, -0.25) is 0 Å². The first-order valence-electron chi connectivity index (χ1n) is 4.68. The third kappa shape index (κ3) is 2.75. The van der Waals surface area contributed by atoms with Crippen molar-refractivity contribution in [2.24, 2.45) is 5.73 Å². The predicted octanol–water partition coefficient (Wildman–Crippen LogP) is 2.47. The molecule has 0 atom stereocenters. The highest BCUT2D eigenvalue weighted by Gasteiger charge is 2.06. The Kier molecular flexibility index (Phi) is 3.82. The van der Waals surface area contributed by atoms with Gasteiger partial charge in [-0.2, -0.15) is 0 Å². The van der Waals surface area contributed by atoms with Gasteiger partial charge >= 0.3 is 0 Å². The summed E-state index contributed by atoms with van der Waals surface area (Å²) in [6.45, 7) is 0.264. The molecule has 1 heterocycles. The van der Waals surface area contributed by atoms with Gasteiger partial charge in [-0.25, -0.2) is 0 Å². The fourth-order valence-electron chi connectivity index (χ4n) is 1.13. The van der Waals surface area contributed by atoms with Crippen LogP contribution in [0.4, 0.5) is 0 Å². The number of halogens is 1. The second kappa shape index (κ2) is 5.34. The number of thioether (sulfide) groups is 1. The van der Waals surface area contributed by atoms with Gasteiger partial charge in [-0.15, -0.1) is 10.2 Å². The van der Waals surface area contributed by atoms with Crippen LogP contribution in [-0.4, -0.2) is 10.2 Å². The van der Waals surface area contributed by atoms with E-state index in [0.29, 0.717) is 16.9 Å². The third-order valence-electron chi connectivity index (χ3n) is 1.93. The van der Waals surface area contributed by atoms with E-state index in [1.165, 1.54) is 11.8 Å². The van der Waals surface area contributed by atoms with Crippen molar-refractivity contribution in [1.82, 2.24) is 10.2 Å². The minimum Gasteiger partial charge on any atom is -0.415 e. The maximum atomic E-state index is 6.02. The van der Waals surface area contributed by atoms with Crippen LogP contribution in [0.3, 0.4) is 0 Å². The average molecular weight is 256 g/mol. The van der Waals surface area contributed by atoms with Crippen LogP contribution >= 0.6 is 23.4 Å². The largest absolute Gasteiger partial charge is 0.415 e. The van der Waals surface area contributed by atoms with Crippen LogP contribution in [0.15, 0.2) is 33.9 Å². The maximum Gasteiger partial charge on any atom is 0.276 e. The van der Waals surface area contributed by atoms with Gasteiger partial charge in [-0.1, -0.05) is 41.6 Å². The standard InChI is InChI=1S/C10H10ClN3OS/c11-8-4-2-1-3-7(8)6-16-10-14-13-9(5-12)15-10/h1-4H,5-6,12H2. The monoisotopic (exact) mass is 255 g/mol. The third-order valence-corrected chi connectivity index (χ3v) is 3.17. The van der Waals surface area contributed by atoms with Crippen molar-refractivity contribution < 1.29 is 4.42 Å². The Morgan fingerprint density at radius 1 is 1.31 bits per heavy atom. The zero-order valence-electron chi connectivity index (χ0n) is 8.39. The fraction of sp³-hybridized carbons (Fsp3) is 0.200. The number of hydrogen-bond donors (Lipinski definition) is 1. The molecule has 16 heavy (non-hydrogen) atoms.